The van der Waals surface area contributed by atoms with Gasteiger partial charge in [-0.1, -0.05) is 21.6 Å². The van der Waals surface area contributed by atoms with Gasteiger partial charge in [-0.3, -0.25) is 57.2 Å². The molecule has 0 aromatic carbocycles. The van der Waals surface area contributed by atoms with Crippen molar-refractivity contribution in [1.29, 1.82) is 0 Å². The molecule has 0 radical (unpaired) electrons. The summed E-state index contributed by atoms with van der Waals surface area (Å²) in [4.78, 5) is 131. The Kier molecular flexibility index (Phi) is 20.8. The number of nitrogens with two attached hydrogens (primary N) is 1. The molecule has 4 amide bonds. The number of nitrogens with one attached hydrogen (secondary N) is 6. The average Bonchev–Trinajstić information content (AvgIpc) is 3.44. The van der Waals surface area contributed by atoms with Gasteiger partial charge in [-0.15, -0.1) is 0 Å². The lowest BCUT2D eigenvalue weighted by molar-refractivity contribution is -0.140. The van der Waals surface area contributed by atoms with E-state index in [4.69, 9.17) is 30.3 Å². The van der Waals surface area contributed by atoms with Crippen molar-refractivity contribution in [3.8, 4) is 0 Å². The third-order valence-corrected chi connectivity index (χ3v) is 11.4. The molecule has 28 nitrogen and oxygen atoms in total. The predicted octanol–water partition coefficient (Wildman–Crippen LogP) is -5.96. The number of aromatic amines is 1. The van der Waals surface area contributed by atoms with Crippen LogP contribution in [-0.2, 0) is 52.2 Å². The van der Waals surface area contributed by atoms with E-state index in [0.29, 0.717) is 0 Å². The molecule has 336 valence electrons. The molecular formula is C29H43N8O20PS2. The minimum Gasteiger partial charge on any atom is -0.480 e. The molecule has 1 aromatic heterocycles. The molecule has 4 unspecified atom stereocenters. The molecule has 2 rings (SSSR count). The molecule has 0 bridgehead atoms. The van der Waals surface area contributed by atoms with Gasteiger partial charge in [-0.25, -0.2) is 14.4 Å². The largest absolute Gasteiger partial charge is 0.480 e. The zero-order valence-electron chi connectivity index (χ0n) is 30.9. The van der Waals surface area contributed by atoms with Crippen LogP contribution in [0.2, 0.25) is 0 Å². The Balaban J connectivity index is 2.02. The molecule has 9 atom stereocenters. The van der Waals surface area contributed by atoms with Crippen molar-refractivity contribution in [2.24, 2.45) is 5.73 Å². The molecule has 1 aromatic rings. The summed E-state index contributed by atoms with van der Waals surface area (Å²) >= 11 is 0. The van der Waals surface area contributed by atoms with Crippen molar-refractivity contribution in [3.63, 3.8) is 0 Å². The van der Waals surface area contributed by atoms with Crippen molar-refractivity contribution in [2.75, 3.05) is 31.2 Å². The fraction of sp³-hybridized carbons (Fsp3) is 0.586. The van der Waals surface area contributed by atoms with Crippen LogP contribution in [0.5, 0.6) is 0 Å². The number of aliphatic hydroxyl groups excluding tert-OH is 2. The van der Waals surface area contributed by atoms with Crippen molar-refractivity contribution in [3.05, 3.63) is 33.1 Å². The van der Waals surface area contributed by atoms with Crippen molar-refractivity contribution in [1.82, 2.24) is 35.9 Å². The Morgan fingerprint density at radius 3 is 1.82 bits per heavy atom. The number of hydrogen-bond donors (Lipinski definition) is 14. The van der Waals surface area contributed by atoms with E-state index in [1.54, 1.807) is 0 Å². The summed E-state index contributed by atoms with van der Waals surface area (Å²) in [5.74, 6) is -10.4. The fourth-order valence-electron chi connectivity index (χ4n) is 4.76. The number of carboxylic acids is 4. The highest BCUT2D eigenvalue weighted by Crippen LogP contribution is 2.40. The van der Waals surface area contributed by atoms with E-state index in [1.807, 2.05) is 15.4 Å². The standard InChI is InChI=1S/C29H43N8O20PS2/c30-12(27(49)50)1-3-17(38)33-14(24(47)31-7-20(41)42)10-59-60-11-15(25(48)32-8-21(43)44)34-18(39)4-2-13(28(51)52)36-58(54,55)56-9-16-22(45)23(46)26(57-16)37-6-5-19(40)35-29(37)53/h5-6,12-16,22-23,26,45-46H,1-4,7-11,30H2,(H,31,47)(H,32,48)(H,33,38)(H,34,39)(H,41,42)(H,43,44)(H,49,50)(H,51,52)(H,35,40,53)(H2,36,54,55)/t12-,13-,14?,15?,16?,22+,23+,26+/m1/s1. The molecule has 0 spiro atoms. The Labute approximate surface area is 344 Å². The fourth-order valence-corrected chi connectivity index (χ4v) is 8.15. The van der Waals surface area contributed by atoms with Crippen molar-refractivity contribution in [2.45, 2.75) is 74.4 Å². The number of nitrogens with zero attached hydrogens (tertiary/aromatic N) is 1. The lowest BCUT2D eigenvalue weighted by Crippen LogP contribution is -2.50. The number of H-pyrrole nitrogens is 1. The lowest BCUT2D eigenvalue weighted by Gasteiger charge is -2.22. The van der Waals surface area contributed by atoms with Crippen LogP contribution in [0.4, 0.5) is 0 Å². The van der Waals surface area contributed by atoms with E-state index in [9.17, 15) is 72.7 Å². The van der Waals surface area contributed by atoms with Crippen LogP contribution < -0.4 is 43.3 Å². The lowest BCUT2D eigenvalue weighted by atomic mass is 10.1. The number of aliphatic carboxylic acids is 4. The second-order valence-corrected chi connectivity index (χ2v) is 16.6. The number of aliphatic hydroxyl groups is 2. The van der Waals surface area contributed by atoms with Crippen molar-refractivity contribution < 1.29 is 87.7 Å². The van der Waals surface area contributed by atoms with Gasteiger partial charge in [0.05, 0.1) is 6.61 Å². The number of aromatic nitrogens is 2. The van der Waals surface area contributed by atoms with Gasteiger partial charge in [-0.2, -0.15) is 0 Å². The summed E-state index contributed by atoms with van der Waals surface area (Å²) < 4.78 is 23.7. The minimum atomic E-state index is -5.09. The molecule has 2 heterocycles. The summed E-state index contributed by atoms with van der Waals surface area (Å²) in [5.41, 5.74) is 3.60. The first-order valence-electron chi connectivity index (χ1n) is 17.1. The first kappa shape index (κ1) is 51.2. The summed E-state index contributed by atoms with van der Waals surface area (Å²) in [6, 6.07) is -5.31. The van der Waals surface area contributed by atoms with Gasteiger partial charge in [0.25, 0.3) is 5.56 Å². The zero-order chi connectivity index (χ0) is 45.3. The smallest absolute Gasteiger partial charge is 0.403 e. The first-order valence-corrected chi connectivity index (χ1v) is 21.2. The molecule has 31 heteroatoms. The third kappa shape index (κ3) is 17.7. The van der Waals surface area contributed by atoms with Crippen LogP contribution in [0.1, 0.15) is 31.9 Å². The van der Waals surface area contributed by atoms with E-state index in [2.05, 4.69) is 16.0 Å². The predicted molar refractivity (Wildman–Crippen MR) is 202 cm³/mol. The number of carbonyl (C=O) groups is 8. The number of amides is 4. The maximum atomic E-state index is 12.9. The molecule has 1 saturated heterocycles. The van der Waals surface area contributed by atoms with Crippen LogP contribution in [0, 0.1) is 0 Å². The molecule has 0 aliphatic carbocycles. The summed E-state index contributed by atoms with van der Waals surface area (Å²) in [7, 11) is -3.43. The molecule has 1 aliphatic heterocycles. The number of carboxylic acid groups (broad SMARTS) is 4. The molecule has 1 fully saturated rings. The minimum absolute atomic E-state index is 0.276. The SMILES string of the molecule is N[C@H](CCC(=O)NC(CSSCC(NC(=O)CC[C@@H](NP(=O)(O)OCC1O[C@H](n2ccc(=O)[nH]c2=O)[C@@H](O)[C@H]1O)C(=O)O)C(=O)NCC(=O)O)C(=O)NCC(=O)O)C(=O)O. The molecule has 15 N–H and O–H groups in total. The molecular weight excluding hydrogens is 875 g/mol. The second kappa shape index (κ2) is 24.4. The van der Waals surface area contributed by atoms with Gasteiger partial charge in [0.2, 0.25) is 23.6 Å². The van der Waals surface area contributed by atoms with E-state index in [1.165, 1.54) is 0 Å². The third-order valence-electron chi connectivity index (χ3n) is 7.84. The topological polar surface area (TPSA) is 455 Å². The summed E-state index contributed by atoms with van der Waals surface area (Å²) in [5, 5.41) is 67.6. The van der Waals surface area contributed by atoms with Crippen LogP contribution in [0.15, 0.2) is 21.9 Å². The second-order valence-electron chi connectivity index (χ2n) is 12.5. The zero-order valence-corrected chi connectivity index (χ0v) is 33.4. The number of hydrogen-bond acceptors (Lipinski definition) is 18. The number of carbonyl (C=O) groups excluding carboxylic acids is 4. The highest BCUT2D eigenvalue weighted by atomic mass is 33.1. The monoisotopic (exact) mass is 918 g/mol. The van der Waals surface area contributed by atoms with Gasteiger partial charge in [0.15, 0.2) is 6.23 Å². The quantitative estimate of drug-likeness (QED) is 0.0222. The summed E-state index contributed by atoms with van der Waals surface area (Å²) in [6.45, 7) is -2.63. The highest BCUT2D eigenvalue weighted by molar-refractivity contribution is 8.76. The Morgan fingerprint density at radius 1 is 0.833 bits per heavy atom. The molecule has 0 saturated carbocycles. The van der Waals surface area contributed by atoms with Gasteiger partial charge in [0, 0.05) is 36.6 Å². The summed E-state index contributed by atoms with van der Waals surface area (Å²) in [6.07, 6.45) is -7.86. The molecule has 1 aliphatic rings. The van der Waals surface area contributed by atoms with Gasteiger partial charge < -0.3 is 67.3 Å². The van der Waals surface area contributed by atoms with Crippen LogP contribution >= 0.6 is 29.3 Å². The maximum absolute atomic E-state index is 12.9. The maximum Gasteiger partial charge on any atom is 0.403 e. The highest BCUT2D eigenvalue weighted by Gasteiger charge is 2.45. The van der Waals surface area contributed by atoms with Crippen LogP contribution in [0.3, 0.4) is 0 Å². The van der Waals surface area contributed by atoms with Gasteiger partial charge >= 0.3 is 37.3 Å². The Bertz CT molecular complexity index is 1900. The van der Waals surface area contributed by atoms with Crippen molar-refractivity contribution >= 4 is 76.8 Å². The Morgan fingerprint density at radius 2 is 1.35 bits per heavy atom. The number of ether oxygens (including phenoxy) is 1. The van der Waals surface area contributed by atoms with E-state index < -0.39 is 154 Å². The van der Waals surface area contributed by atoms with Gasteiger partial charge in [-0.05, 0) is 12.8 Å². The normalized spacial score (nSPS) is 20.3. The average molecular weight is 919 g/mol. The Hall–Kier alpha value is -4.91. The van der Waals surface area contributed by atoms with E-state index >= 15 is 0 Å². The van der Waals surface area contributed by atoms with E-state index in [-0.39, 0.29) is 17.9 Å². The van der Waals surface area contributed by atoms with Crippen LogP contribution in [-0.4, -0.2) is 166 Å². The first-order chi connectivity index (χ1) is 28.0. The number of rotatable bonds is 27. The van der Waals surface area contributed by atoms with E-state index in [0.717, 1.165) is 38.4 Å². The van der Waals surface area contributed by atoms with Gasteiger partial charge in [0.1, 0.15) is 55.6 Å². The molecule has 60 heavy (non-hydrogen) atoms. The van der Waals surface area contributed by atoms with Crippen LogP contribution in [0.25, 0.3) is 0 Å².